The first kappa shape index (κ1) is 19.1. The maximum atomic E-state index is 13.3. The van der Waals surface area contributed by atoms with E-state index in [9.17, 15) is 13.2 Å². The first-order chi connectivity index (χ1) is 14.0. The van der Waals surface area contributed by atoms with Crippen molar-refractivity contribution in [2.24, 2.45) is 5.92 Å². The van der Waals surface area contributed by atoms with Crippen molar-refractivity contribution in [3.8, 4) is 0 Å². The summed E-state index contributed by atoms with van der Waals surface area (Å²) >= 11 is 0. The highest BCUT2D eigenvalue weighted by molar-refractivity contribution is 7.89. The molecule has 0 amide bonds. The van der Waals surface area contributed by atoms with E-state index >= 15 is 0 Å². The predicted molar refractivity (Wildman–Crippen MR) is 113 cm³/mol. The van der Waals surface area contributed by atoms with Crippen LogP contribution in [0.2, 0.25) is 0 Å². The molecule has 5 nitrogen and oxygen atoms in total. The van der Waals surface area contributed by atoms with Gasteiger partial charge in [0.2, 0.25) is 10.0 Å². The van der Waals surface area contributed by atoms with Gasteiger partial charge in [0, 0.05) is 36.8 Å². The lowest BCUT2D eigenvalue weighted by atomic mass is 9.81. The summed E-state index contributed by atoms with van der Waals surface area (Å²) in [4.78, 5) is 13.6. The Kier molecular flexibility index (Phi) is 4.87. The van der Waals surface area contributed by atoms with Crippen molar-refractivity contribution in [3.05, 3.63) is 64.1 Å². The number of sulfonamides is 1. The molecule has 6 heteroatoms. The van der Waals surface area contributed by atoms with Crippen molar-refractivity contribution in [1.82, 2.24) is 8.87 Å². The fourth-order valence-corrected chi connectivity index (χ4v) is 7.16. The van der Waals surface area contributed by atoms with E-state index in [1.807, 2.05) is 16.7 Å². The minimum Gasteiger partial charge on any atom is -0.312 e. The summed E-state index contributed by atoms with van der Waals surface area (Å²) in [6.45, 7) is 1.58. The van der Waals surface area contributed by atoms with Crippen LogP contribution in [-0.4, -0.2) is 30.4 Å². The first-order valence-electron chi connectivity index (χ1n) is 10.8. The Morgan fingerprint density at radius 3 is 2.34 bits per heavy atom. The topological polar surface area (TPSA) is 59.4 Å². The molecule has 2 bridgehead atoms. The molecule has 3 aliphatic rings. The average molecular weight is 413 g/mol. The minimum absolute atomic E-state index is 0.0918. The lowest BCUT2D eigenvalue weighted by Crippen LogP contribution is -2.49. The van der Waals surface area contributed by atoms with E-state index in [2.05, 4.69) is 6.07 Å². The number of pyridine rings is 1. The molecule has 154 valence electrons. The van der Waals surface area contributed by atoms with Crippen LogP contribution >= 0.6 is 0 Å². The molecule has 5 rings (SSSR count). The van der Waals surface area contributed by atoms with Crippen molar-refractivity contribution >= 4 is 10.0 Å². The number of rotatable bonds is 3. The monoisotopic (exact) mass is 412 g/mol. The Hall–Kier alpha value is -1.92. The smallest absolute Gasteiger partial charge is 0.254 e. The number of hydrogen-bond acceptors (Lipinski definition) is 3. The van der Waals surface area contributed by atoms with Gasteiger partial charge in [0.15, 0.2) is 0 Å². The highest BCUT2D eigenvalue weighted by atomic mass is 32.2. The molecular formula is C23H28N2O3S. The van der Waals surface area contributed by atoms with Crippen LogP contribution in [0.3, 0.4) is 0 Å². The van der Waals surface area contributed by atoms with Crippen LogP contribution in [-0.2, 0) is 16.6 Å². The summed E-state index contributed by atoms with van der Waals surface area (Å²) < 4.78 is 29.8. The fraction of sp³-hybridized carbons (Fsp3) is 0.522. The molecule has 2 aromatic rings. The third-order valence-corrected chi connectivity index (χ3v) is 8.87. The van der Waals surface area contributed by atoms with E-state index in [0.29, 0.717) is 30.4 Å². The number of piperidine rings is 1. The molecule has 3 heterocycles. The Balaban J connectivity index is 1.46. The average Bonchev–Trinajstić information content (AvgIpc) is 2.75. The Bertz CT molecular complexity index is 1060. The molecular weight excluding hydrogens is 384 g/mol. The molecule has 2 atom stereocenters. The molecule has 1 saturated carbocycles. The van der Waals surface area contributed by atoms with Gasteiger partial charge in [-0.2, -0.15) is 4.31 Å². The number of benzene rings is 1. The van der Waals surface area contributed by atoms with E-state index < -0.39 is 10.0 Å². The zero-order valence-corrected chi connectivity index (χ0v) is 17.5. The van der Waals surface area contributed by atoms with Gasteiger partial charge in [-0.05, 0) is 49.3 Å². The highest BCUT2D eigenvalue weighted by Crippen LogP contribution is 2.38. The maximum Gasteiger partial charge on any atom is 0.254 e. The zero-order valence-electron chi connectivity index (χ0n) is 16.7. The molecule has 2 fully saturated rings. The fourth-order valence-electron chi connectivity index (χ4n) is 5.58. The van der Waals surface area contributed by atoms with E-state index in [1.165, 1.54) is 19.3 Å². The quantitative estimate of drug-likeness (QED) is 0.772. The van der Waals surface area contributed by atoms with Gasteiger partial charge in [0.25, 0.3) is 5.56 Å². The molecule has 0 N–H and O–H groups in total. The molecule has 1 aliphatic carbocycles. The summed E-state index contributed by atoms with van der Waals surface area (Å²) in [6.07, 6.45) is 6.89. The van der Waals surface area contributed by atoms with Crippen LogP contribution in [0.4, 0.5) is 0 Å². The first-order valence-corrected chi connectivity index (χ1v) is 12.3. The molecule has 0 spiro atoms. The summed E-state index contributed by atoms with van der Waals surface area (Å²) in [5.41, 5.74) is 2.16. The van der Waals surface area contributed by atoms with Gasteiger partial charge in [0.1, 0.15) is 0 Å². The molecule has 2 aliphatic heterocycles. The normalized spacial score (nSPS) is 25.5. The molecule has 1 aromatic heterocycles. The second-order valence-corrected chi connectivity index (χ2v) is 10.8. The minimum atomic E-state index is -3.50. The maximum absolute atomic E-state index is 13.3. The van der Waals surface area contributed by atoms with Crippen LogP contribution < -0.4 is 5.56 Å². The Morgan fingerprint density at radius 1 is 0.828 bits per heavy atom. The number of nitrogens with zero attached hydrogens (tertiary/aromatic N) is 2. The SMILES string of the molecule is O=c1c(C2CCCCC2)ccc2n1C[C@@H]1C[C@@H]2CN(S(=O)(=O)c2ccccc2)C1. The second-order valence-electron chi connectivity index (χ2n) is 8.90. The third-order valence-electron chi connectivity index (χ3n) is 7.03. The molecule has 1 saturated heterocycles. The lowest BCUT2D eigenvalue weighted by molar-refractivity contribution is 0.185. The van der Waals surface area contributed by atoms with Crippen LogP contribution in [0.1, 0.15) is 61.6 Å². The molecule has 29 heavy (non-hydrogen) atoms. The van der Waals surface area contributed by atoms with Gasteiger partial charge in [-0.1, -0.05) is 43.5 Å². The molecule has 0 radical (unpaired) electrons. The number of fused-ring (bicyclic) bond motifs is 4. The van der Waals surface area contributed by atoms with E-state index in [1.54, 1.807) is 28.6 Å². The van der Waals surface area contributed by atoms with E-state index in [0.717, 1.165) is 30.5 Å². The van der Waals surface area contributed by atoms with Gasteiger partial charge < -0.3 is 4.57 Å². The summed E-state index contributed by atoms with van der Waals surface area (Å²) in [5, 5.41) is 0. The Morgan fingerprint density at radius 2 is 1.59 bits per heavy atom. The highest BCUT2D eigenvalue weighted by Gasteiger charge is 2.40. The van der Waals surface area contributed by atoms with E-state index in [4.69, 9.17) is 0 Å². The standard InChI is InChI=1S/C23H28N2O3S/c26-23-21(18-7-3-1-4-8-18)11-12-22-19-13-17(15-25(22)23)14-24(16-19)29(27,28)20-9-5-2-6-10-20/h2,5-6,9-12,17-19H,1,3-4,7-8,13-16H2/t17-,19-/m1/s1. The van der Waals surface area contributed by atoms with Crippen LogP contribution in [0.25, 0.3) is 0 Å². The summed E-state index contributed by atoms with van der Waals surface area (Å²) in [6, 6.07) is 12.8. The number of aromatic nitrogens is 1. The van der Waals surface area contributed by atoms with Crippen LogP contribution in [0.15, 0.2) is 52.2 Å². The van der Waals surface area contributed by atoms with Crippen molar-refractivity contribution < 1.29 is 8.42 Å². The van der Waals surface area contributed by atoms with Gasteiger partial charge in [-0.15, -0.1) is 0 Å². The zero-order chi connectivity index (χ0) is 20.0. The van der Waals surface area contributed by atoms with Gasteiger partial charge in [-0.25, -0.2) is 8.42 Å². The Labute approximate surface area is 172 Å². The number of hydrogen-bond donors (Lipinski definition) is 0. The lowest BCUT2D eigenvalue weighted by Gasteiger charge is -2.42. The van der Waals surface area contributed by atoms with Crippen molar-refractivity contribution in [2.45, 2.75) is 61.8 Å². The van der Waals surface area contributed by atoms with Gasteiger partial charge in [0.05, 0.1) is 4.90 Å². The van der Waals surface area contributed by atoms with E-state index in [-0.39, 0.29) is 17.4 Å². The summed E-state index contributed by atoms with van der Waals surface area (Å²) in [5.74, 6) is 0.680. The van der Waals surface area contributed by atoms with Crippen molar-refractivity contribution in [1.29, 1.82) is 0 Å². The summed E-state index contributed by atoms with van der Waals surface area (Å²) in [7, 11) is -3.50. The van der Waals surface area contributed by atoms with Gasteiger partial charge in [-0.3, -0.25) is 4.79 Å². The van der Waals surface area contributed by atoms with Crippen LogP contribution in [0, 0.1) is 5.92 Å². The van der Waals surface area contributed by atoms with Crippen molar-refractivity contribution in [2.75, 3.05) is 13.1 Å². The largest absolute Gasteiger partial charge is 0.312 e. The van der Waals surface area contributed by atoms with Gasteiger partial charge >= 0.3 is 0 Å². The third kappa shape index (κ3) is 3.36. The second kappa shape index (κ2) is 7.40. The van der Waals surface area contributed by atoms with Crippen molar-refractivity contribution in [3.63, 3.8) is 0 Å². The molecule has 0 unspecified atom stereocenters. The molecule has 1 aromatic carbocycles. The van der Waals surface area contributed by atoms with Crippen LogP contribution in [0.5, 0.6) is 0 Å². The predicted octanol–water partition coefficient (Wildman–Crippen LogP) is 3.70.